The second kappa shape index (κ2) is 3.70. The lowest BCUT2D eigenvalue weighted by Gasteiger charge is -2.01. The maximum Gasteiger partial charge on any atom is 0.347 e. The molecule has 0 aliphatic rings. The van der Waals surface area contributed by atoms with E-state index in [0.717, 1.165) is 0 Å². The Bertz CT molecular complexity index is 538. The van der Waals surface area contributed by atoms with Gasteiger partial charge in [0, 0.05) is 6.07 Å². The largest absolute Gasteiger partial charge is 0.481 e. The smallest absolute Gasteiger partial charge is 0.347 e. The van der Waals surface area contributed by atoms with Crippen molar-refractivity contribution in [2.75, 3.05) is 7.11 Å². The highest BCUT2D eigenvalue weighted by Crippen LogP contribution is 2.09. The fraction of sp³-hybridized carbons (Fsp3) is 0.125. The standard InChI is InChI=1S/C8H8N4O2S/c1-14-6-3-2-5(4-9-6)12-7(13)10-11-8(12)15/h2-4H,1H3,(H,10,13)(H,11,15). The summed E-state index contributed by atoms with van der Waals surface area (Å²) in [7, 11) is 1.52. The van der Waals surface area contributed by atoms with Crippen LogP contribution in [0.5, 0.6) is 5.88 Å². The number of aromatic amines is 2. The first-order valence-corrected chi connectivity index (χ1v) is 4.53. The summed E-state index contributed by atoms with van der Waals surface area (Å²) >= 11 is 4.93. The highest BCUT2D eigenvalue weighted by atomic mass is 32.1. The van der Waals surface area contributed by atoms with Crippen LogP contribution in [0, 0.1) is 4.77 Å². The molecule has 15 heavy (non-hydrogen) atoms. The number of nitrogens with zero attached hydrogens (tertiary/aromatic N) is 2. The van der Waals surface area contributed by atoms with Gasteiger partial charge >= 0.3 is 5.69 Å². The van der Waals surface area contributed by atoms with Gasteiger partial charge in [-0.05, 0) is 18.3 Å². The molecule has 0 amide bonds. The molecule has 2 aromatic rings. The second-order valence-electron chi connectivity index (χ2n) is 2.75. The van der Waals surface area contributed by atoms with Crippen LogP contribution in [-0.2, 0) is 0 Å². The van der Waals surface area contributed by atoms with Crippen molar-refractivity contribution >= 4 is 12.2 Å². The molecule has 0 fully saturated rings. The molecular formula is C8H8N4O2S. The molecule has 0 aliphatic carbocycles. The first-order valence-electron chi connectivity index (χ1n) is 4.12. The van der Waals surface area contributed by atoms with Gasteiger partial charge < -0.3 is 4.74 Å². The third kappa shape index (κ3) is 1.68. The van der Waals surface area contributed by atoms with E-state index in [0.29, 0.717) is 16.3 Å². The molecule has 2 aromatic heterocycles. The number of H-pyrrole nitrogens is 2. The molecule has 0 bridgehead atoms. The molecule has 0 unspecified atom stereocenters. The van der Waals surface area contributed by atoms with Crippen LogP contribution in [0.2, 0.25) is 0 Å². The average Bonchev–Trinajstić information content (AvgIpc) is 2.59. The number of ether oxygens (including phenoxy) is 1. The molecule has 0 radical (unpaired) electrons. The minimum Gasteiger partial charge on any atom is -0.481 e. The molecule has 0 spiro atoms. The van der Waals surface area contributed by atoms with Crippen LogP contribution in [0.3, 0.4) is 0 Å². The van der Waals surface area contributed by atoms with Crippen molar-refractivity contribution in [1.82, 2.24) is 19.7 Å². The maximum absolute atomic E-state index is 11.3. The number of methoxy groups -OCH3 is 1. The van der Waals surface area contributed by atoms with Crippen molar-refractivity contribution in [2.24, 2.45) is 0 Å². The lowest BCUT2D eigenvalue weighted by Crippen LogP contribution is -2.14. The third-order valence-corrected chi connectivity index (χ3v) is 2.16. The molecule has 0 saturated carbocycles. The van der Waals surface area contributed by atoms with Gasteiger partial charge in [-0.2, -0.15) is 0 Å². The molecule has 0 aliphatic heterocycles. The molecule has 78 valence electrons. The molecule has 2 N–H and O–H groups in total. The van der Waals surface area contributed by atoms with Crippen molar-refractivity contribution < 1.29 is 4.74 Å². The third-order valence-electron chi connectivity index (χ3n) is 1.87. The van der Waals surface area contributed by atoms with Gasteiger partial charge in [0.15, 0.2) is 0 Å². The number of aromatic nitrogens is 4. The number of pyridine rings is 1. The van der Waals surface area contributed by atoms with Gasteiger partial charge in [0.1, 0.15) is 0 Å². The zero-order valence-corrected chi connectivity index (χ0v) is 8.67. The fourth-order valence-corrected chi connectivity index (χ4v) is 1.41. The number of nitrogens with one attached hydrogen (secondary N) is 2. The van der Waals surface area contributed by atoms with Crippen LogP contribution in [-0.4, -0.2) is 26.9 Å². The van der Waals surface area contributed by atoms with E-state index in [1.165, 1.54) is 17.9 Å². The van der Waals surface area contributed by atoms with E-state index in [-0.39, 0.29) is 5.69 Å². The van der Waals surface area contributed by atoms with Crippen LogP contribution in [0.15, 0.2) is 23.1 Å². The Morgan fingerprint density at radius 3 is 2.73 bits per heavy atom. The Morgan fingerprint density at radius 1 is 1.47 bits per heavy atom. The van der Waals surface area contributed by atoms with Gasteiger partial charge in [-0.3, -0.25) is 5.10 Å². The first-order chi connectivity index (χ1) is 7.22. The van der Waals surface area contributed by atoms with Gasteiger partial charge in [-0.15, -0.1) is 0 Å². The van der Waals surface area contributed by atoms with E-state index in [1.807, 2.05) is 0 Å². The normalized spacial score (nSPS) is 10.2. The van der Waals surface area contributed by atoms with E-state index in [4.69, 9.17) is 17.0 Å². The molecule has 7 heteroatoms. The summed E-state index contributed by atoms with van der Waals surface area (Å²) in [5, 5.41) is 4.93. The van der Waals surface area contributed by atoms with E-state index in [9.17, 15) is 4.79 Å². The molecule has 0 aromatic carbocycles. The Balaban J connectivity index is 2.55. The molecule has 0 saturated heterocycles. The lowest BCUT2D eigenvalue weighted by atomic mass is 10.4. The topological polar surface area (TPSA) is 75.7 Å². The molecule has 6 nitrogen and oxygen atoms in total. The predicted molar refractivity (Wildman–Crippen MR) is 55.9 cm³/mol. The number of hydrogen-bond donors (Lipinski definition) is 2. The highest BCUT2D eigenvalue weighted by Gasteiger charge is 2.03. The highest BCUT2D eigenvalue weighted by molar-refractivity contribution is 7.71. The van der Waals surface area contributed by atoms with Crippen molar-refractivity contribution in [3.05, 3.63) is 33.6 Å². The second-order valence-corrected chi connectivity index (χ2v) is 3.14. The Hall–Kier alpha value is -1.89. The minimum absolute atomic E-state index is 0.298. The van der Waals surface area contributed by atoms with Crippen molar-refractivity contribution in [1.29, 1.82) is 0 Å². The maximum atomic E-state index is 11.3. The van der Waals surface area contributed by atoms with Crippen molar-refractivity contribution in [3.63, 3.8) is 0 Å². The summed E-state index contributed by atoms with van der Waals surface area (Å²) in [6.45, 7) is 0. The van der Waals surface area contributed by atoms with Gasteiger partial charge in [0.05, 0.1) is 19.0 Å². The summed E-state index contributed by atoms with van der Waals surface area (Å²) < 4.78 is 6.51. The first kappa shape index (κ1) is 9.66. The van der Waals surface area contributed by atoms with Crippen molar-refractivity contribution in [2.45, 2.75) is 0 Å². The SMILES string of the molecule is COc1ccc(-n2c(=O)[nH][nH]c2=S)cn1. The fourth-order valence-electron chi connectivity index (χ4n) is 1.17. The van der Waals surface area contributed by atoms with Gasteiger partial charge in [0.2, 0.25) is 10.7 Å². The summed E-state index contributed by atoms with van der Waals surface area (Å²) in [5.74, 6) is 0.484. The Labute approximate surface area is 89.5 Å². The van der Waals surface area contributed by atoms with Crippen LogP contribution in [0.4, 0.5) is 0 Å². The van der Waals surface area contributed by atoms with Gasteiger partial charge in [-0.25, -0.2) is 19.4 Å². The quantitative estimate of drug-likeness (QED) is 0.733. The van der Waals surface area contributed by atoms with E-state index in [2.05, 4.69) is 15.2 Å². The summed E-state index contributed by atoms with van der Waals surface area (Å²) in [6, 6.07) is 3.36. The molecule has 0 atom stereocenters. The zero-order chi connectivity index (χ0) is 10.8. The van der Waals surface area contributed by atoms with E-state index < -0.39 is 0 Å². The van der Waals surface area contributed by atoms with Gasteiger partial charge in [0.25, 0.3) is 0 Å². The van der Waals surface area contributed by atoms with Crippen LogP contribution in [0.1, 0.15) is 0 Å². The Morgan fingerprint density at radius 2 is 2.27 bits per heavy atom. The average molecular weight is 224 g/mol. The van der Waals surface area contributed by atoms with Crippen LogP contribution in [0.25, 0.3) is 5.69 Å². The molecule has 2 rings (SSSR count). The summed E-state index contributed by atoms with van der Waals surface area (Å²) in [6.07, 6.45) is 1.51. The monoisotopic (exact) mass is 224 g/mol. The lowest BCUT2D eigenvalue weighted by molar-refractivity contribution is 0.398. The van der Waals surface area contributed by atoms with Crippen LogP contribution >= 0.6 is 12.2 Å². The van der Waals surface area contributed by atoms with E-state index >= 15 is 0 Å². The van der Waals surface area contributed by atoms with Gasteiger partial charge in [-0.1, -0.05) is 0 Å². The summed E-state index contributed by atoms with van der Waals surface area (Å²) in [5.41, 5.74) is 0.260. The number of rotatable bonds is 2. The van der Waals surface area contributed by atoms with Crippen LogP contribution < -0.4 is 10.4 Å². The van der Waals surface area contributed by atoms with E-state index in [1.54, 1.807) is 12.1 Å². The molecular weight excluding hydrogens is 216 g/mol. The van der Waals surface area contributed by atoms with Crippen molar-refractivity contribution in [3.8, 4) is 11.6 Å². The minimum atomic E-state index is -0.327. The Kier molecular flexibility index (Phi) is 2.38. The predicted octanol–water partition coefficient (Wildman–Crippen LogP) is 0.627. The zero-order valence-electron chi connectivity index (χ0n) is 7.85. The summed E-state index contributed by atoms with van der Waals surface area (Å²) in [4.78, 5) is 15.3. The molecule has 2 heterocycles. The number of hydrogen-bond acceptors (Lipinski definition) is 4.